The lowest BCUT2D eigenvalue weighted by Gasteiger charge is -2.27. The first kappa shape index (κ1) is 14.8. The summed E-state index contributed by atoms with van der Waals surface area (Å²) >= 11 is 3.36. The number of rotatable bonds is 4. The maximum atomic E-state index is 10.9. The summed E-state index contributed by atoms with van der Waals surface area (Å²) in [7, 11) is 0. The van der Waals surface area contributed by atoms with E-state index in [1.807, 2.05) is 4.90 Å². The van der Waals surface area contributed by atoms with Crippen LogP contribution in [-0.2, 0) is 4.79 Å². The number of aryl methyl sites for hydroxylation is 1. The summed E-state index contributed by atoms with van der Waals surface area (Å²) in [6, 6.07) is 3.19. The third-order valence-electron chi connectivity index (χ3n) is 3.56. The maximum Gasteiger partial charge on any atom is 0.305 e. The van der Waals surface area contributed by atoms with Crippen molar-refractivity contribution in [1.82, 2.24) is 0 Å². The Kier molecular flexibility index (Phi) is 4.27. The Morgan fingerprint density at radius 1 is 1.60 bits per heavy atom. The van der Waals surface area contributed by atoms with E-state index in [4.69, 9.17) is 5.11 Å². The molecule has 0 radical (unpaired) electrons. The predicted molar refractivity (Wildman–Crippen MR) is 78.2 cm³/mol. The minimum absolute atomic E-state index is 0.0512. The summed E-state index contributed by atoms with van der Waals surface area (Å²) in [5.41, 5.74) is 1.47. The van der Waals surface area contributed by atoms with Gasteiger partial charge in [-0.1, -0.05) is 0 Å². The molecule has 1 saturated heterocycles. The van der Waals surface area contributed by atoms with Gasteiger partial charge in [-0.25, -0.2) is 0 Å². The van der Waals surface area contributed by atoms with Gasteiger partial charge in [0.05, 0.1) is 17.0 Å². The Labute approximate surface area is 124 Å². The molecule has 0 spiro atoms. The zero-order valence-corrected chi connectivity index (χ0v) is 12.6. The van der Waals surface area contributed by atoms with E-state index in [0.29, 0.717) is 10.0 Å². The van der Waals surface area contributed by atoms with Crippen LogP contribution in [0.5, 0.6) is 0 Å². The lowest BCUT2D eigenvalue weighted by Crippen LogP contribution is -2.31. The summed E-state index contributed by atoms with van der Waals surface area (Å²) in [5.74, 6) is -0.823. The molecule has 1 N–H and O–H groups in total. The molecule has 1 unspecified atom stereocenters. The SMILES string of the molecule is Cc1cc(N2CCCC2CC(=O)O)c(Br)cc1[N+](=O)[O-]. The lowest BCUT2D eigenvalue weighted by atomic mass is 10.1. The molecule has 0 bridgehead atoms. The fraction of sp³-hybridized carbons (Fsp3) is 0.462. The number of carbonyl (C=O) groups is 1. The normalized spacial score (nSPS) is 18.3. The van der Waals surface area contributed by atoms with Crippen LogP contribution >= 0.6 is 15.9 Å². The van der Waals surface area contributed by atoms with Gasteiger partial charge in [-0.15, -0.1) is 0 Å². The molecule has 1 heterocycles. The van der Waals surface area contributed by atoms with Gasteiger partial charge in [0.2, 0.25) is 0 Å². The third-order valence-corrected chi connectivity index (χ3v) is 4.19. The number of nitro groups is 1. The molecule has 1 atom stereocenters. The van der Waals surface area contributed by atoms with Crippen LogP contribution in [0.1, 0.15) is 24.8 Å². The quantitative estimate of drug-likeness (QED) is 0.671. The van der Waals surface area contributed by atoms with Gasteiger partial charge in [-0.2, -0.15) is 0 Å². The Morgan fingerprint density at radius 2 is 2.30 bits per heavy atom. The summed E-state index contributed by atoms with van der Waals surface area (Å²) in [6.45, 7) is 2.46. The van der Waals surface area contributed by atoms with Crippen LogP contribution in [0.3, 0.4) is 0 Å². The van der Waals surface area contributed by atoms with Crippen molar-refractivity contribution in [2.24, 2.45) is 0 Å². The molecule has 108 valence electrons. The van der Waals surface area contributed by atoms with Crippen molar-refractivity contribution in [2.75, 3.05) is 11.4 Å². The number of hydrogen-bond acceptors (Lipinski definition) is 4. The van der Waals surface area contributed by atoms with Crippen LogP contribution in [0.2, 0.25) is 0 Å². The van der Waals surface area contributed by atoms with Crippen LogP contribution in [0.15, 0.2) is 16.6 Å². The van der Waals surface area contributed by atoms with Crippen molar-refractivity contribution in [3.05, 3.63) is 32.3 Å². The van der Waals surface area contributed by atoms with Crippen LogP contribution in [0.25, 0.3) is 0 Å². The van der Waals surface area contributed by atoms with Crippen LogP contribution in [0, 0.1) is 17.0 Å². The van der Waals surface area contributed by atoms with Gasteiger partial charge in [0.1, 0.15) is 0 Å². The highest BCUT2D eigenvalue weighted by atomic mass is 79.9. The van der Waals surface area contributed by atoms with Gasteiger partial charge in [-0.05, 0) is 41.8 Å². The fourth-order valence-corrected chi connectivity index (χ4v) is 3.20. The highest BCUT2D eigenvalue weighted by Gasteiger charge is 2.29. The summed E-state index contributed by atoms with van der Waals surface area (Å²) in [5, 5.41) is 19.9. The molecule has 20 heavy (non-hydrogen) atoms. The van der Waals surface area contributed by atoms with E-state index >= 15 is 0 Å². The van der Waals surface area contributed by atoms with E-state index in [1.165, 1.54) is 6.07 Å². The number of carboxylic acids is 1. The second-order valence-corrected chi connectivity index (χ2v) is 5.79. The first-order valence-corrected chi connectivity index (χ1v) is 7.12. The summed E-state index contributed by atoms with van der Waals surface area (Å²) in [6.07, 6.45) is 1.84. The molecule has 7 heteroatoms. The zero-order chi connectivity index (χ0) is 14.9. The van der Waals surface area contributed by atoms with Crippen LogP contribution in [-0.4, -0.2) is 28.6 Å². The van der Waals surface area contributed by atoms with E-state index < -0.39 is 10.9 Å². The van der Waals surface area contributed by atoms with Gasteiger partial charge in [0.25, 0.3) is 5.69 Å². The highest BCUT2D eigenvalue weighted by molar-refractivity contribution is 9.10. The number of nitrogens with zero attached hydrogens (tertiary/aromatic N) is 2. The first-order valence-electron chi connectivity index (χ1n) is 6.33. The molecule has 0 amide bonds. The van der Waals surface area contributed by atoms with Gasteiger partial charge in [0.15, 0.2) is 0 Å². The molecule has 2 rings (SSSR count). The molecule has 1 fully saturated rings. The topological polar surface area (TPSA) is 83.7 Å². The minimum atomic E-state index is -0.823. The number of halogens is 1. The maximum absolute atomic E-state index is 10.9. The van der Waals surface area contributed by atoms with Crippen molar-refractivity contribution in [2.45, 2.75) is 32.2 Å². The van der Waals surface area contributed by atoms with Crippen molar-refractivity contribution in [3.8, 4) is 0 Å². The number of aliphatic carboxylic acids is 1. The monoisotopic (exact) mass is 342 g/mol. The number of hydrogen-bond donors (Lipinski definition) is 1. The molecule has 6 nitrogen and oxygen atoms in total. The molecule has 0 saturated carbocycles. The Bertz CT molecular complexity index is 562. The highest BCUT2D eigenvalue weighted by Crippen LogP contribution is 2.37. The standard InChI is InChI=1S/C13H15BrN2O4/c1-8-5-12(10(14)7-11(8)16(19)20)15-4-2-3-9(15)6-13(17)18/h5,7,9H,2-4,6H2,1H3,(H,17,18). The molecule has 1 aromatic rings. The van der Waals surface area contributed by atoms with Crippen LogP contribution < -0.4 is 4.90 Å². The minimum Gasteiger partial charge on any atom is -0.481 e. The van der Waals surface area contributed by atoms with E-state index in [0.717, 1.165) is 25.1 Å². The average Bonchev–Trinajstić information content (AvgIpc) is 2.78. The van der Waals surface area contributed by atoms with E-state index in [1.54, 1.807) is 13.0 Å². The Balaban J connectivity index is 2.35. The van der Waals surface area contributed by atoms with Gasteiger partial charge < -0.3 is 10.0 Å². The van der Waals surface area contributed by atoms with E-state index in [-0.39, 0.29) is 18.2 Å². The molecule has 1 aliphatic rings. The number of carboxylic acid groups (broad SMARTS) is 1. The molecule has 1 aliphatic heterocycles. The molecular weight excluding hydrogens is 328 g/mol. The molecule has 1 aromatic carbocycles. The number of benzene rings is 1. The summed E-state index contributed by atoms with van der Waals surface area (Å²) < 4.78 is 0.632. The van der Waals surface area contributed by atoms with Gasteiger partial charge in [0, 0.05) is 28.7 Å². The second-order valence-electron chi connectivity index (χ2n) is 4.93. The molecule has 0 aliphatic carbocycles. The fourth-order valence-electron chi connectivity index (χ4n) is 2.64. The first-order chi connectivity index (χ1) is 9.40. The Morgan fingerprint density at radius 3 is 2.90 bits per heavy atom. The summed E-state index contributed by atoms with van der Waals surface area (Å²) in [4.78, 5) is 23.4. The van der Waals surface area contributed by atoms with Crippen LogP contribution in [0.4, 0.5) is 11.4 Å². The average molecular weight is 343 g/mol. The predicted octanol–water partition coefficient (Wildman–Crippen LogP) is 3.11. The van der Waals surface area contributed by atoms with Gasteiger partial charge in [-0.3, -0.25) is 14.9 Å². The second kappa shape index (κ2) is 5.78. The molecular formula is C13H15BrN2O4. The number of anilines is 1. The van der Waals surface area contributed by atoms with E-state index in [9.17, 15) is 14.9 Å². The van der Waals surface area contributed by atoms with E-state index in [2.05, 4.69) is 15.9 Å². The number of nitro benzene ring substituents is 1. The van der Waals surface area contributed by atoms with Crippen molar-refractivity contribution in [3.63, 3.8) is 0 Å². The van der Waals surface area contributed by atoms with Crippen molar-refractivity contribution in [1.29, 1.82) is 0 Å². The van der Waals surface area contributed by atoms with Crippen molar-refractivity contribution < 1.29 is 14.8 Å². The zero-order valence-electron chi connectivity index (χ0n) is 11.0. The molecule has 0 aromatic heterocycles. The smallest absolute Gasteiger partial charge is 0.305 e. The van der Waals surface area contributed by atoms with Gasteiger partial charge >= 0.3 is 5.97 Å². The van der Waals surface area contributed by atoms with Crippen molar-refractivity contribution >= 4 is 33.3 Å². The largest absolute Gasteiger partial charge is 0.481 e. The Hall–Kier alpha value is -1.63. The third kappa shape index (κ3) is 2.92. The lowest BCUT2D eigenvalue weighted by molar-refractivity contribution is -0.385.